The van der Waals surface area contributed by atoms with E-state index in [2.05, 4.69) is 37.5 Å². The maximum atomic E-state index is 13.1. The van der Waals surface area contributed by atoms with E-state index in [-0.39, 0.29) is 30.0 Å². The number of benzene rings is 1. The highest BCUT2D eigenvalue weighted by molar-refractivity contribution is 5.96. The van der Waals surface area contributed by atoms with E-state index in [0.717, 1.165) is 36.0 Å². The molecule has 1 saturated carbocycles. The summed E-state index contributed by atoms with van der Waals surface area (Å²) >= 11 is 0. The van der Waals surface area contributed by atoms with Crippen LogP contribution in [-0.2, 0) is 16.0 Å². The van der Waals surface area contributed by atoms with Crippen LogP contribution in [0.2, 0.25) is 0 Å². The lowest BCUT2D eigenvalue weighted by atomic mass is 9.80. The fourth-order valence-electron chi connectivity index (χ4n) is 4.85. The van der Waals surface area contributed by atoms with Gasteiger partial charge in [-0.3, -0.25) is 4.79 Å². The van der Waals surface area contributed by atoms with Crippen LogP contribution in [0.4, 0.5) is 0 Å². The van der Waals surface area contributed by atoms with Crippen LogP contribution in [0.15, 0.2) is 30.4 Å². The fourth-order valence-corrected chi connectivity index (χ4v) is 4.85. The van der Waals surface area contributed by atoms with E-state index in [1.807, 2.05) is 13.0 Å². The number of hydrogen-bond acceptors (Lipinski definition) is 2. The molecule has 3 unspecified atom stereocenters. The lowest BCUT2D eigenvalue weighted by Crippen LogP contribution is -2.27. The van der Waals surface area contributed by atoms with Gasteiger partial charge in [0, 0.05) is 11.5 Å². The molecule has 0 aromatic heterocycles. The lowest BCUT2D eigenvalue weighted by molar-refractivity contribution is -0.123. The quantitative estimate of drug-likeness (QED) is 0.616. The standard InChI is InChI=1S/C21H22O2/c1-4-6-13-7-8-15(14(5-2)11-13)18-12(3)19-16-9-10-17(23-16)20(19)21(18)22/h7-8,11,16-20H,3,5,9-10H2,1-2H3/t16?,17?,18?,19-,20+/m1/s1. The Morgan fingerprint density at radius 1 is 1.26 bits per heavy atom. The van der Waals surface area contributed by atoms with Gasteiger partial charge in [0.1, 0.15) is 0 Å². The molecule has 1 aromatic carbocycles. The summed E-state index contributed by atoms with van der Waals surface area (Å²) in [5.41, 5.74) is 4.46. The predicted molar refractivity (Wildman–Crippen MR) is 90.1 cm³/mol. The van der Waals surface area contributed by atoms with Crippen molar-refractivity contribution in [1.82, 2.24) is 0 Å². The van der Waals surface area contributed by atoms with Crippen LogP contribution in [0, 0.1) is 23.7 Å². The van der Waals surface area contributed by atoms with Gasteiger partial charge in [0.15, 0.2) is 5.78 Å². The average molecular weight is 306 g/mol. The molecule has 23 heavy (non-hydrogen) atoms. The van der Waals surface area contributed by atoms with E-state index >= 15 is 0 Å². The van der Waals surface area contributed by atoms with Crippen LogP contribution in [0.3, 0.4) is 0 Å². The molecule has 5 atom stereocenters. The first-order chi connectivity index (χ1) is 11.2. The van der Waals surface area contributed by atoms with Crippen molar-refractivity contribution in [3.63, 3.8) is 0 Å². The van der Waals surface area contributed by atoms with E-state index < -0.39 is 0 Å². The first kappa shape index (κ1) is 14.7. The topological polar surface area (TPSA) is 26.3 Å². The number of Topliss-reactive ketones (excluding diaryl/α,β-unsaturated/α-hetero) is 1. The molecule has 118 valence electrons. The van der Waals surface area contributed by atoms with Crippen LogP contribution < -0.4 is 0 Å². The highest BCUT2D eigenvalue weighted by atomic mass is 16.5. The van der Waals surface area contributed by atoms with E-state index in [9.17, 15) is 4.79 Å². The van der Waals surface area contributed by atoms with Gasteiger partial charge in [0.2, 0.25) is 0 Å². The Hall–Kier alpha value is -1.85. The Morgan fingerprint density at radius 3 is 2.65 bits per heavy atom. The van der Waals surface area contributed by atoms with Crippen molar-refractivity contribution in [1.29, 1.82) is 0 Å². The zero-order valence-corrected chi connectivity index (χ0v) is 13.8. The molecule has 0 spiro atoms. The molecule has 1 aromatic rings. The van der Waals surface area contributed by atoms with Crippen LogP contribution in [-0.4, -0.2) is 18.0 Å². The Labute approximate surface area is 137 Å². The molecule has 1 aliphatic carbocycles. The largest absolute Gasteiger partial charge is 0.374 e. The minimum atomic E-state index is -0.143. The van der Waals surface area contributed by atoms with Gasteiger partial charge >= 0.3 is 0 Å². The zero-order valence-electron chi connectivity index (χ0n) is 13.8. The van der Waals surface area contributed by atoms with Gasteiger partial charge in [-0.05, 0) is 49.4 Å². The second-order valence-corrected chi connectivity index (χ2v) is 6.89. The number of ether oxygens (including phenoxy) is 1. The first-order valence-electron chi connectivity index (χ1n) is 8.59. The molecule has 3 aliphatic rings. The zero-order chi connectivity index (χ0) is 16.1. The molecule has 2 bridgehead atoms. The Kier molecular flexibility index (Phi) is 3.43. The van der Waals surface area contributed by atoms with Gasteiger partial charge in [-0.2, -0.15) is 0 Å². The molecule has 4 rings (SSSR count). The van der Waals surface area contributed by atoms with Crippen molar-refractivity contribution in [3.8, 4) is 11.8 Å². The smallest absolute Gasteiger partial charge is 0.150 e. The molecule has 2 heterocycles. The predicted octanol–water partition coefficient (Wildman–Crippen LogP) is 3.64. The minimum Gasteiger partial charge on any atom is -0.374 e. The van der Waals surface area contributed by atoms with Crippen LogP contribution in [0.1, 0.15) is 49.3 Å². The molecule has 2 nitrogen and oxygen atoms in total. The van der Waals surface area contributed by atoms with Crippen molar-refractivity contribution in [2.75, 3.05) is 0 Å². The van der Waals surface area contributed by atoms with Gasteiger partial charge in [-0.15, -0.1) is 5.92 Å². The lowest BCUT2D eigenvalue weighted by Gasteiger charge is -2.20. The number of carbonyl (C=O) groups excluding carboxylic acids is 1. The van der Waals surface area contributed by atoms with Gasteiger partial charge in [-0.1, -0.05) is 31.1 Å². The van der Waals surface area contributed by atoms with Crippen molar-refractivity contribution in [2.45, 2.75) is 51.2 Å². The molecule has 3 fully saturated rings. The molecule has 2 aliphatic heterocycles. The number of ketones is 1. The van der Waals surface area contributed by atoms with Gasteiger partial charge < -0.3 is 4.74 Å². The second kappa shape index (κ2) is 5.35. The second-order valence-electron chi connectivity index (χ2n) is 6.89. The molecule has 0 radical (unpaired) electrons. The minimum absolute atomic E-state index is 0.0473. The fraction of sp³-hybridized carbons (Fsp3) is 0.476. The molecule has 0 amide bonds. The summed E-state index contributed by atoms with van der Waals surface area (Å²) in [5, 5.41) is 0. The number of aryl methyl sites for hydroxylation is 1. The van der Waals surface area contributed by atoms with Crippen molar-refractivity contribution in [3.05, 3.63) is 47.0 Å². The SMILES string of the molecule is C=C1C(c2ccc(C#CC)cc2CC)C(=O)[C@H]2C3CCC(O3)[C@@H]12. The summed E-state index contributed by atoms with van der Waals surface area (Å²) in [7, 11) is 0. The van der Waals surface area contributed by atoms with E-state index in [4.69, 9.17) is 4.74 Å². The van der Waals surface area contributed by atoms with Gasteiger partial charge in [-0.25, -0.2) is 0 Å². The summed E-state index contributed by atoms with van der Waals surface area (Å²) in [4.78, 5) is 13.1. The van der Waals surface area contributed by atoms with Crippen LogP contribution in [0.5, 0.6) is 0 Å². The highest BCUT2D eigenvalue weighted by Crippen LogP contribution is 2.56. The third-order valence-electron chi connectivity index (χ3n) is 5.79. The van der Waals surface area contributed by atoms with Crippen molar-refractivity contribution < 1.29 is 9.53 Å². The maximum Gasteiger partial charge on any atom is 0.150 e. The Bertz CT molecular complexity index is 721. The van der Waals surface area contributed by atoms with E-state index in [0.29, 0.717) is 5.78 Å². The van der Waals surface area contributed by atoms with Crippen molar-refractivity contribution >= 4 is 5.78 Å². The monoisotopic (exact) mass is 306 g/mol. The molecule has 0 N–H and O–H groups in total. The van der Waals surface area contributed by atoms with Gasteiger partial charge in [0.05, 0.1) is 24.0 Å². The first-order valence-corrected chi connectivity index (χ1v) is 8.59. The Balaban J connectivity index is 1.75. The summed E-state index contributed by atoms with van der Waals surface area (Å²) in [6.45, 7) is 8.31. The maximum absolute atomic E-state index is 13.1. The average Bonchev–Trinajstić information content (AvgIpc) is 3.22. The molecule has 2 heteroatoms. The summed E-state index contributed by atoms with van der Waals surface area (Å²) in [5.74, 6) is 6.53. The summed E-state index contributed by atoms with van der Waals surface area (Å²) in [6.07, 6.45) is 3.38. The summed E-state index contributed by atoms with van der Waals surface area (Å²) in [6, 6.07) is 6.26. The Morgan fingerprint density at radius 2 is 2.00 bits per heavy atom. The highest BCUT2D eigenvalue weighted by Gasteiger charge is 2.60. The third kappa shape index (κ3) is 2.03. The molecule has 2 saturated heterocycles. The number of fused-ring (bicyclic) bond motifs is 5. The van der Waals surface area contributed by atoms with Crippen molar-refractivity contribution in [2.24, 2.45) is 11.8 Å². The van der Waals surface area contributed by atoms with E-state index in [1.165, 1.54) is 5.56 Å². The number of carbonyl (C=O) groups is 1. The number of hydrogen-bond donors (Lipinski definition) is 0. The van der Waals surface area contributed by atoms with E-state index in [1.54, 1.807) is 0 Å². The summed E-state index contributed by atoms with van der Waals surface area (Å²) < 4.78 is 5.97. The van der Waals surface area contributed by atoms with Crippen LogP contribution in [0.25, 0.3) is 0 Å². The molecular weight excluding hydrogens is 284 g/mol. The van der Waals surface area contributed by atoms with Gasteiger partial charge in [0.25, 0.3) is 0 Å². The van der Waals surface area contributed by atoms with Crippen LogP contribution >= 0.6 is 0 Å². The normalized spacial score (nSPS) is 34.4. The molecular formula is C21H22O2. The number of rotatable bonds is 2. The third-order valence-corrected chi connectivity index (χ3v) is 5.79.